The fraction of sp³-hybridized carbons (Fsp3) is 0.625. The lowest BCUT2D eigenvalue weighted by Crippen LogP contribution is -2.34. The number of hydrogen-bond donors (Lipinski definition) is 1. The number of benzene rings is 1. The van der Waals surface area contributed by atoms with Gasteiger partial charge in [-0.1, -0.05) is 30.5 Å². The van der Waals surface area contributed by atoms with Crippen molar-refractivity contribution in [3.63, 3.8) is 0 Å². The molecule has 2 aliphatic rings. The normalized spacial score (nSPS) is 25.2. The highest BCUT2D eigenvalue weighted by Crippen LogP contribution is 2.36. The van der Waals surface area contributed by atoms with Gasteiger partial charge in [0.25, 0.3) is 0 Å². The lowest BCUT2D eigenvalue weighted by molar-refractivity contribution is 0.183. The molecule has 1 aliphatic heterocycles. The van der Waals surface area contributed by atoms with E-state index in [1.165, 1.54) is 50.6 Å². The molecule has 2 fully saturated rings. The molecule has 3 heteroatoms. The molecule has 1 unspecified atom stereocenters. The van der Waals surface area contributed by atoms with E-state index in [1.807, 2.05) is 12.1 Å². The van der Waals surface area contributed by atoms with Gasteiger partial charge >= 0.3 is 0 Å². The second kappa shape index (κ2) is 5.72. The minimum absolute atomic E-state index is 0.664. The molecule has 1 heterocycles. The lowest BCUT2D eigenvalue weighted by atomic mass is 9.96. The molecule has 104 valence electrons. The van der Waals surface area contributed by atoms with E-state index in [1.54, 1.807) is 0 Å². The minimum atomic E-state index is 0.664. The van der Waals surface area contributed by atoms with Crippen LogP contribution >= 0.6 is 11.6 Å². The Bertz CT molecular complexity index is 440. The fourth-order valence-corrected chi connectivity index (χ4v) is 3.97. The van der Waals surface area contributed by atoms with Crippen molar-refractivity contribution in [1.29, 1.82) is 0 Å². The third-order valence-corrected chi connectivity index (χ3v) is 5.15. The number of likely N-dealkylation sites (tertiary alicyclic amines) is 1. The van der Waals surface area contributed by atoms with Crippen LogP contribution in [0.2, 0.25) is 5.02 Å². The largest absolute Gasteiger partial charge is 0.398 e. The van der Waals surface area contributed by atoms with E-state index in [0.29, 0.717) is 10.7 Å². The van der Waals surface area contributed by atoms with Gasteiger partial charge in [-0.15, -0.1) is 0 Å². The van der Waals surface area contributed by atoms with Crippen LogP contribution in [0.15, 0.2) is 18.2 Å². The summed E-state index contributed by atoms with van der Waals surface area (Å²) in [6.07, 6.45) is 8.47. The van der Waals surface area contributed by atoms with Gasteiger partial charge in [-0.25, -0.2) is 0 Å². The zero-order valence-electron chi connectivity index (χ0n) is 11.4. The molecular weight excluding hydrogens is 256 g/mol. The van der Waals surface area contributed by atoms with Crippen LogP contribution in [-0.4, -0.2) is 17.5 Å². The summed E-state index contributed by atoms with van der Waals surface area (Å²) in [7, 11) is 0. The predicted octanol–water partition coefficient (Wildman–Crippen LogP) is 4.08. The first kappa shape index (κ1) is 13.3. The maximum absolute atomic E-state index is 5.99. The van der Waals surface area contributed by atoms with E-state index in [9.17, 15) is 0 Å². The van der Waals surface area contributed by atoms with Gasteiger partial charge in [-0.05, 0) is 55.8 Å². The molecule has 1 atom stereocenters. The van der Waals surface area contributed by atoms with Crippen LogP contribution in [0.5, 0.6) is 0 Å². The van der Waals surface area contributed by atoms with E-state index in [0.717, 1.165) is 18.5 Å². The van der Waals surface area contributed by atoms with Crippen LogP contribution in [0, 0.1) is 5.92 Å². The van der Waals surface area contributed by atoms with Gasteiger partial charge in [0.1, 0.15) is 0 Å². The van der Waals surface area contributed by atoms with Crippen molar-refractivity contribution in [2.75, 3.05) is 12.3 Å². The average molecular weight is 279 g/mol. The summed E-state index contributed by atoms with van der Waals surface area (Å²) >= 11 is 5.99. The Kier molecular flexibility index (Phi) is 3.99. The summed E-state index contributed by atoms with van der Waals surface area (Å²) < 4.78 is 0. The van der Waals surface area contributed by atoms with Gasteiger partial charge in [0.05, 0.1) is 10.7 Å². The van der Waals surface area contributed by atoms with E-state index in [-0.39, 0.29) is 0 Å². The molecule has 2 nitrogen and oxygen atoms in total. The average Bonchev–Trinajstić information content (AvgIpc) is 3.04. The van der Waals surface area contributed by atoms with Gasteiger partial charge in [-0.3, -0.25) is 4.90 Å². The van der Waals surface area contributed by atoms with Crippen LogP contribution in [0.1, 0.15) is 44.1 Å². The van der Waals surface area contributed by atoms with Gasteiger partial charge in [0.15, 0.2) is 0 Å². The van der Waals surface area contributed by atoms with Crippen LogP contribution in [0.3, 0.4) is 0 Å². The Balaban J connectivity index is 1.69. The number of rotatable bonds is 3. The summed E-state index contributed by atoms with van der Waals surface area (Å²) in [6.45, 7) is 2.27. The minimum Gasteiger partial charge on any atom is -0.398 e. The number of hydrogen-bond acceptors (Lipinski definition) is 2. The summed E-state index contributed by atoms with van der Waals surface area (Å²) in [4.78, 5) is 2.67. The fourth-order valence-electron chi connectivity index (χ4n) is 3.85. The lowest BCUT2D eigenvalue weighted by Gasteiger charge is -2.29. The molecule has 0 spiro atoms. The third kappa shape index (κ3) is 2.90. The number of halogens is 1. The first-order valence-electron chi connectivity index (χ1n) is 7.52. The molecule has 1 aromatic rings. The molecule has 0 aromatic heterocycles. The predicted molar refractivity (Wildman–Crippen MR) is 81.3 cm³/mol. The summed E-state index contributed by atoms with van der Waals surface area (Å²) in [5.41, 5.74) is 7.90. The summed E-state index contributed by atoms with van der Waals surface area (Å²) in [6, 6.07) is 6.88. The van der Waals surface area contributed by atoms with Crippen molar-refractivity contribution in [3.05, 3.63) is 28.8 Å². The molecule has 1 aliphatic carbocycles. The molecule has 1 saturated heterocycles. The van der Waals surface area contributed by atoms with Crippen molar-refractivity contribution in [3.8, 4) is 0 Å². The Morgan fingerprint density at radius 2 is 1.95 bits per heavy atom. The maximum atomic E-state index is 5.99. The standard InChI is InChI=1S/C16H23ClN2/c17-14-8-7-12(10-15(14)18)11-19-9-3-6-16(19)13-4-1-2-5-13/h7-8,10,13,16H,1-6,9,11,18H2. The quantitative estimate of drug-likeness (QED) is 0.844. The highest BCUT2D eigenvalue weighted by molar-refractivity contribution is 6.33. The van der Waals surface area contributed by atoms with E-state index in [4.69, 9.17) is 17.3 Å². The van der Waals surface area contributed by atoms with Gasteiger partial charge in [-0.2, -0.15) is 0 Å². The third-order valence-electron chi connectivity index (χ3n) is 4.80. The van der Waals surface area contributed by atoms with Crippen molar-refractivity contribution in [1.82, 2.24) is 4.90 Å². The molecule has 1 aromatic carbocycles. The maximum Gasteiger partial charge on any atom is 0.0635 e. The SMILES string of the molecule is Nc1cc(CN2CCCC2C2CCCC2)ccc1Cl. The Morgan fingerprint density at radius 1 is 1.16 bits per heavy atom. The Morgan fingerprint density at radius 3 is 2.68 bits per heavy atom. The van der Waals surface area contributed by atoms with Crippen molar-refractivity contribution < 1.29 is 0 Å². The Hall–Kier alpha value is -0.730. The highest BCUT2D eigenvalue weighted by atomic mass is 35.5. The molecule has 3 rings (SSSR count). The Labute approximate surface area is 120 Å². The molecule has 2 N–H and O–H groups in total. The van der Waals surface area contributed by atoms with Crippen molar-refractivity contribution in [2.45, 2.75) is 51.1 Å². The molecule has 0 amide bonds. The van der Waals surface area contributed by atoms with Crippen LogP contribution < -0.4 is 5.73 Å². The van der Waals surface area contributed by atoms with Crippen molar-refractivity contribution >= 4 is 17.3 Å². The van der Waals surface area contributed by atoms with Crippen LogP contribution in [-0.2, 0) is 6.54 Å². The molecule has 19 heavy (non-hydrogen) atoms. The van der Waals surface area contributed by atoms with Crippen LogP contribution in [0.4, 0.5) is 5.69 Å². The first-order chi connectivity index (χ1) is 9.24. The summed E-state index contributed by atoms with van der Waals surface area (Å²) in [5, 5.41) is 0.664. The number of nitrogens with zero attached hydrogens (tertiary/aromatic N) is 1. The van der Waals surface area contributed by atoms with E-state index < -0.39 is 0 Å². The van der Waals surface area contributed by atoms with E-state index >= 15 is 0 Å². The number of anilines is 1. The monoisotopic (exact) mass is 278 g/mol. The molecule has 0 bridgehead atoms. The van der Waals surface area contributed by atoms with E-state index in [2.05, 4.69) is 11.0 Å². The second-order valence-electron chi connectivity index (χ2n) is 6.08. The van der Waals surface area contributed by atoms with Gasteiger partial charge in [0.2, 0.25) is 0 Å². The second-order valence-corrected chi connectivity index (χ2v) is 6.49. The smallest absolute Gasteiger partial charge is 0.0635 e. The first-order valence-corrected chi connectivity index (χ1v) is 7.90. The van der Waals surface area contributed by atoms with Gasteiger partial charge < -0.3 is 5.73 Å². The van der Waals surface area contributed by atoms with Crippen molar-refractivity contribution in [2.24, 2.45) is 5.92 Å². The highest BCUT2D eigenvalue weighted by Gasteiger charge is 2.32. The van der Waals surface area contributed by atoms with Crippen LogP contribution in [0.25, 0.3) is 0 Å². The number of nitrogen functional groups attached to an aromatic ring is 1. The zero-order valence-corrected chi connectivity index (χ0v) is 12.2. The zero-order chi connectivity index (χ0) is 13.2. The molecule has 0 radical (unpaired) electrons. The molecule has 1 saturated carbocycles. The topological polar surface area (TPSA) is 29.3 Å². The molecular formula is C16H23ClN2. The number of nitrogens with two attached hydrogens (primary N) is 1. The van der Waals surface area contributed by atoms with Gasteiger partial charge in [0, 0.05) is 12.6 Å². The summed E-state index contributed by atoms with van der Waals surface area (Å²) in [5.74, 6) is 0.937.